The molecule has 4 amide bonds. The van der Waals surface area contributed by atoms with Gasteiger partial charge in [0, 0.05) is 18.5 Å². The number of para-hydroxylation sites is 2. The molecule has 9 heteroatoms. The zero-order chi connectivity index (χ0) is 21.8. The lowest BCUT2D eigenvalue weighted by atomic mass is 10.1. The van der Waals surface area contributed by atoms with Crippen molar-refractivity contribution < 1.29 is 28.7 Å². The highest BCUT2D eigenvalue weighted by Gasteiger charge is 2.38. The Kier molecular flexibility index (Phi) is 6.84. The van der Waals surface area contributed by atoms with Crippen LogP contribution in [0.25, 0.3) is 0 Å². The van der Waals surface area contributed by atoms with Gasteiger partial charge in [-0.3, -0.25) is 19.7 Å². The molecule has 1 fully saturated rings. The van der Waals surface area contributed by atoms with Gasteiger partial charge in [0.25, 0.3) is 5.91 Å². The molecular formula is C20H27N3O6. The van der Waals surface area contributed by atoms with E-state index in [9.17, 15) is 19.2 Å². The molecule has 0 aliphatic carbocycles. The van der Waals surface area contributed by atoms with E-state index < -0.39 is 35.5 Å². The Balaban J connectivity index is 1.95. The first kappa shape index (κ1) is 22.2. The fraction of sp³-hybridized carbons (Fsp3) is 0.500. The van der Waals surface area contributed by atoms with E-state index in [2.05, 4.69) is 10.6 Å². The molecule has 0 radical (unpaired) electrons. The van der Waals surface area contributed by atoms with Crippen LogP contribution in [0.4, 0.5) is 10.5 Å². The Morgan fingerprint density at radius 2 is 1.86 bits per heavy atom. The molecule has 1 aliphatic rings. The molecule has 29 heavy (non-hydrogen) atoms. The number of ether oxygens (including phenoxy) is 2. The molecule has 0 spiro atoms. The van der Waals surface area contributed by atoms with Gasteiger partial charge in [0.05, 0.1) is 18.7 Å². The number of urea groups is 1. The lowest BCUT2D eigenvalue weighted by Gasteiger charge is -2.21. The van der Waals surface area contributed by atoms with Gasteiger partial charge in [-0.15, -0.1) is 0 Å². The highest BCUT2D eigenvalue weighted by molar-refractivity contribution is 6.01. The summed E-state index contributed by atoms with van der Waals surface area (Å²) in [6.45, 7) is 6.80. The van der Waals surface area contributed by atoms with Crippen LogP contribution in [-0.2, 0) is 19.1 Å². The van der Waals surface area contributed by atoms with Crippen molar-refractivity contribution in [3.63, 3.8) is 0 Å². The van der Waals surface area contributed by atoms with E-state index in [1.165, 1.54) is 18.9 Å². The van der Waals surface area contributed by atoms with Crippen LogP contribution >= 0.6 is 0 Å². The molecule has 2 N–H and O–H groups in total. The average molecular weight is 405 g/mol. The van der Waals surface area contributed by atoms with Crippen LogP contribution in [0.1, 0.15) is 34.1 Å². The number of imide groups is 1. The number of carbonyl (C=O) groups is 4. The van der Waals surface area contributed by atoms with Crippen LogP contribution in [0.15, 0.2) is 24.3 Å². The van der Waals surface area contributed by atoms with Crippen LogP contribution in [0.5, 0.6) is 5.75 Å². The van der Waals surface area contributed by atoms with Crippen molar-refractivity contribution in [2.24, 2.45) is 5.92 Å². The van der Waals surface area contributed by atoms with Gasteiger partial charge in [-0.2, -0.15) is 0 Å². The van der Waals surface area contributed by atoms with Crippen molar-refractivity contribution in [3.05, 3.63) is 24.3 Å². The smallest absolute Gasteiger partial charge is 0.321 e. The molecule has 0 unspecified atom stereocenters. The molecule has 2 atom stereocenters. The topological polar surface area (TPSA) is 114 Å². The second-order valence-corrected chi connectivity index (χ2v) is 7.85. The van der Waals surface area contributed by atoms with Crippen LogP contribution in [-0.4, -0.2) is 49.1 Å². The molecule has 9 nitrogen and oxygen atoms in total. The fourth-order valence-electron chi connectivity index (χ4n) is 2.86. The summed E-state index contributed by atoms with van der Waals surface area (Å²) >= 11 is 0. The van der Waals surface area contributed by atoms with Crippen LogP contribution in [0, 0.1) is 5.92 Å². The molecule has 0 saturated carbocycles. The minimum Gasteiger partial charge on any atom is -0.495 e. The largest absolute Gasteiger partial charge is 0.495 e. The molecule has 158 valence electrons. The van der Waals surface area contributed by atoms with Crippen molar-refractivity contribution in [2.75, 3.05) is 18.6 Å². The zero-order valence-corrected chi connectivity index (χ0v) is 17.3. The van der Waals surface area contributed by atoms with Gasteiger partial charge in [0.15, 0.2) is 6.10 Å². The number of rotatable bonds is 5. The summed E-state index contributed by atoms with van der Waals surface area (Å²) in [5, 5.41) is 4.71. The van der Waals surface area contributed by atoms with Crippen LogP contribution in [0.2, 0.25) is 0 Å². The highest BCUT2D eigenvalue weighted by Crippen LogP contribution is 2.33. The molecule has 1 aromatic carbocycles. The molecular weight excluding hydrogens is 378 g/mol. The van der Waals surface area contributed by atoms with E-state index in [0.717, 1.165) is 0 Å². The van der Waals surface area contributed by atoms with Gasteiger partial charge in [0.1, 0.15) is 5.75 Å². The van der Waals surface area contributed by atoms with Crippen molar-refractivity contribution in [2.45, 2.75) is 45.8 Å². The number of methoxy groups -OCH3 is 1. The Hall–Kier alpha value is -3.10. The quantitative estimate of drug-likeness (QED) is 0.720. The van der Waals surface area contributed by atoms with Crippen LogP contribution < -0.4 is 20.3 Å². The Morgan fingerprint density at radius 1 is 1.21 bits per heavy atom. The third-order valence-electron chi connectivity index (χ3n) is 4.22. The van der Waals surface area contributed by atoms with E-state index >= 15 is 0 Å². The van der Waals surface area contributed by atoms with Crippen molar-refractivity contribution >= 4 is 29.5 Å². The fourth-order valence-corrected chi connectivity index (χ4v) is 2.86. The van der Waals surface area contributed by atoms with Gasteiger partial charge in [-0.05, 0) is 39.8 Å². The molecule has 1 aliphatic heterocycles. The summed E-state index contributed by atoms with van der Waals surface area (Å²) in [5.41, 5.74) is 0.0520. The normalized spacial score (nSPS) is 17.5. The maximum Gasteiger partial charge on any atom is 0.321 e. The Bertz CT molecular complexity index is 802. The molecule has 0 aromatic heterocycles. The third-order valence-corrected chi connectivity index (χ3v) is 4.22. The van der Waals surface area contributed by atoms with Gasteiger partial charge >= 0.3 is 12.0 Å². The van der Waals surface area contributed by atoms with E-state index in [1.54, 1.807) is 45.0 Å². The van der Waals surface area contributed by atoms with Gasteiger partial charge in [0.2, 0.25) is 5.91 Å². The van der Waals surface area contributed by atoms with E-state index in [0.29, 0.717) is 11.4 Å². The summed E-state index contributed by atoms with van der Waals surface area (Å²) in [5.74, 6) is -1.85. The molecule has 1 heterocycles. The molecule has 2 rings (SSSR count). The maximum absolute atomic E-state index is 12.4. The number of nitrogens with one attached hydrogen (secondary N) is 2. The second-order valence-electron chi connectivity index (χ2n) is 7.85. The first-order valence-electron chi connectivity index (χ1n) is 9.28. The van der Waals surface area contributed by atoms with Crippen molar-refractivity contribution in [1.82, 2.24) is 10.6 Å². The van der Waals surface area contributed by atoms with Crippen molar-refractivity contribution in [3.8, 4) is 5.75 Å². The SMILES string of the molecule is COc1ccccc1N1C[C@@H](C(=O)O[C@@H](C)C(=O)NC(=O)NC(C)(C)C)CC1=O. The molecule has 1 aromatic rings. The molecule has 1 saturated heterocycles. The van der Waals surface area contributed by atoms with Gasteiger partial charge in [-0.25, -0.2) is 4.79 Å². The van der Waals surface area contributed by atoms with Gasteiger partial charge in [-0.1, -0.05) is 12.1 Å². The maximum atomic E-state index is 12.4. The zero-order valence-electron chi connectivity index (χ0n) is 17.3. The summed E-state index contributed by atoms with van der Waals surface area (Å²) in [7, 11) is 1.50. The first-order valence-corrected chi connectivity index (χ1v) is 9.28. The van der Waals surface area contributed by atoms with Crippen molar-refractivity contribution in [1.29, 1.82) is 0 Å². The summed E-state index contributed by atoms with van der Waals surface area (Å²) < 4.78 is 10.4. The Morgan fingerprint density at radius 3 is 2.48 bits per heavy atom. The number of anilines is 1. The summed E-state index contributed by atoms with van der Waals surface area (Å²) in [6.07, 6.45) is -1.21. The van der Waals surface area contributed by atoms with E-state index in [4.69, 9.17) is 9.47 Å². The number of hydrogen-bond donors (Lipinski definition) is 2. The average Bonchev–Trinajstić information content (AvgIpc) is 3.01. The number of hydrogen-bond acceptors (Lipinski definition) is 6. The summed E-state index contributed by atoms with van der Waals surface area (Å²) in [4.78, 5) is 50.1. The number of carbonyl (C=O) groups excluding carboxylic acids is 4. The van der Waals surface area contributed by atoms with Crippen LogP contribution in [0.3, 0.4) is 0 Å². The lowest BCUT2D eigenvalue weighted by Crippen LogP contribution is -2.50. The lowest BCUT2D eigenvalue weighted by molar-refractivity contribution is -0.158. The Labute approximate surface area is 169 Å². The molecule has 0 bridgehead atoms. The monoisotopic (exact) mass is 405 g/mol. The highest BCUT2D eigenvalue weighted by atomic mass is 16.5. The standard InChI is InChI=1S/C20H27N3O6/c1-12(17(25)21-19(27)22-20(2,3)4)29-18(26)13-10-16(24)23(11-13)14-8-6-7-9-15(14)28-5/h6-9,12-13H,10-11H2,1-5H3,(H2,21,22,25,27)/t12-,13-/m0/s1. The number of nitrogens with zero attached hydrogens (tertiary/aromatic N) is 1. The van der Waals surface area contributed by atoms with E-state index in [1.807, 2.05) is 0 Å². The first-order chi connectivity index (χ1) is 13.5. The number of amides is 4. The minimum atomic E-state index is -1.18. The second kappa shape index (κ2) is 8.93. The predicted octanol–water partition coefficient (Wildman–Crippen LogP) is 1.60. The number of benzene rings is 1. The van der Waals surface area contributed by atoms with E-state index in [-0.39, 0.29) is 18.9 Å². The minimum absolute atomic E-state index is 0.0320. The summed E-state index contributed by atoms with van der Waals surface area (Å²) in [6, 6.07) is 6.33. The number of esters is 1. The predicted molar refractivity (Wildman–Crippen MR) is 105 cm³/mol. The van der Waals surface area contributed by atoms with Gasteiger partial charge < -0.3 is 19.7 Å². The third kappa shape index (κ3) is 5.94.